The van der Waals surface area contributed by atoms with E-state index in [1.54, 1.807) is 11.3 Å². The third-order valence-corrected chi connectivity index (χ3v) is 4.45. The Hall–Kier alpha value is -2.05. The molecule has 2 aromatic heterocycles. The van der Waals surface area contributed by atoms with Gasteiger partial charge in [0.05, 0.1) is 11.4 Å². The molecule has 0 unspecified atom stereocenters. The highest BCUT2D eigenvalue weighted by atomic mass is 32.1. The van der Waals surface area contributed by atoms with Gasteiger partial charge in [0, 0.05) is 23.2 Å². The highest BCUT2D eigenvalue weighted by molar-refractivity contribution is 7.17. The molecule has 1 aromatic carbocycles. The monoisotopic (exact) mass is 301 g/mol. The second kappa shape index (κ2) is 4.75. The van der Waals surface area contributed by atoms with Gasteiger partial charge in [0.1, 0.15) is 13.2 Å². The maximum absolute atomic E-state index is 5.93. The molecule has 6 heteroatoms. The van der Waals surface area contributed by atoms with Crippen molar-refractivity contribution < 1.29 is 9.47 Å². The minimum absolute atomic E-state index is 0.446. The summed E-state index contributed by atoms with van der Waals surface area (Å²) in [6, 6.07) is 5.92. The lowest BCUT2D eigenvalue weighted by atomic mass is 10.1. The molecular weight excluding hydrogens is 286 g/mol. The molecule has 0 spiro atoms. The second-order valence-electron chi connectivity index (χ2n) is 4.96. The van der Waals surface area contributed by atoms with Crippen LogP contribution in [-0.2, 0) is 6.54 Å². The third-order valence-electron chi connectivity index (χ3n) is 3.55. The van der Waals surface area contributed by atoms with Crippen LogP contribution in [0.2, 0.25) is 0 Å². The normalized spacial score (nSPS) is 13.8. The van der Waals surface area contributed by atoms with E-state index >= 15 is 0 Å². The van der Waals surface area contributed by atoms with Crippen LogP contribution in [0.15, 0.2) is 24.4 Å². The molecule has 1 aliphatic heterocycles. The number of thiazole rings is 1. The second-order valence-corrected chi connectivity index (χ2v) is 6.18. The highest BCUT2D eigenvalue weighted by Gasteiger charge is 2.18. The molecule has 4 rings (SSSR count). The smallest absolute Gasteiger partial charge is 0.194 e. The fourth-order valence-electron chi connectivity index (χ4n) is 2.62. The number of rotatable bonds is 2. The van der Waals surface area contributed by atoms with Crippen molar-refractivity contribution in [3.8, 4) is 22.8 Å². The molecule has 0 aliphatic carbocycles. The van der Waals surface area contributed by atoms with E-state index in [0.29, 0.717) is 19.8 Å². The molecule has 0 fully saturated rings. The maximum Gasteiger partial charge on any atom is 0.194 e. The van der Waals surface area contributed by atoms with Gasteiger partial charge in [-0.1, -0.05) is 0 Å². The largest absolute Gasteiger partial charge is 0.486 e. The lowest BCUT2D eigenvalue weighted by molar-refractivity contribution is 0.171. The van der Waals surface area contributed by atoms with Gasteiger partial charge in [0.15, 0.2) is 16.5 Å². The van der Waals surface area contributed by atoms with E-state index in [2.05, 4.69) is 17.5 Å². The number of nitrogens with zero attached hydrogens (tertiary/aromatic N) is 2. The number of benzene rings is 1. The summed E-state index contributed by atoms with van der Waals surface area (Å²) in [4.78, 5) is 6.92. The number of nitrogens with two attached hydrogens (primary N) is 1. The molecule has 0 atom stereocenters. The third kappa shape index (κ3) is 1.99. The summed E-state index contributed by atoms with van der Waals surface area (Å²) in [6.07, 6.45) is 2.08. The molecule has 3 heterocycles. The van der Waals surface area contributed by atoms with Gasteiger partial charge < -0.3 is 15.2 Å². The fraction of sp³-hybridized carbons (Fsp3) is 0.267. The lowest BCUT2D eigenvalue weighted by Gasteiger charge is -2.18. The Morgan fingerprint density at radius 1 is 1.29 bits per heavy atom. The van der Waals surface area contributed by atoms with Crippen LogP contribution < -0.4 is 15.2 Å². The molecule has 2 N–H and O–H groups in total. The van der Waals surface area contributed by atoms with Gasteiger partial charge in [-0.15, -0.1) is 11.3 Å². The van der Waals surface area contributed by atoms with E-state index in [9.17, 15) is 0 Å². The molecular formula is C15H15N3O2S. The van der Waals surface area contributed by atoms with Crippen LogP contribution in [0.4, 0.5) is 0 Å². The van der Waals surface area contributed by atoms with E-state index < -0.39 is 0 Å². The summed E-state index contributed by atoms with van der Waals surface area (Å²) in [6.45, 7) is 3.70. The predicted octanol–water partition coefficient (Wildman–Crippen LogP) is 2.60. The Labute approximate surface area is 125 Å². The summed E-state index contributed by atoms with van der Waals surface area (Å²) in [5.41, 5.74) is 8.88. The summed E-state index contributed by atoms with van der Waals surface area (Å²) in [5, 5.41) is 0. The van der Waals surface area contributed by atoms with Crippen LogP contribution in [-0.4, -0.2) is 22.6 Å². The summed E-state index contributed by atoms with van der Waals surface area (Å²) >= 11 is 1.67. The number of hydrogen-bond donors (Lipinski definition) is 1. The first kappa shape index (κ1) is 12.7. The topological polar surface area (TPSA) is 61.8 Å². The molecule has 3 aromatic rings. The van der Waals surface area contributed by atoms with Crippen LogP contribution in [0.1, 0.15) is 10.6 Å². The van der Waals surface area contributed by atoms with Crippen molar-refractivity contribution in [2.75, 3.05) is 13.2 Å². The van der Waals surface area contributed by atoms with E-state index in [0.717, 1.165) is 33.4 Å². The minimum atomic E-state index is 0.446. The minimum Gasteiger partial charge on any atom is -0.486 e. The van der Waals surface area contributed by atoms with Crippen LogP contribution in [0.5, 0.6) is 11.5 Å². The first-order valence-electron chi connectivity index (χ1n) is 6.83. The number of ether oxygens (including phenoxy) is 2. The SMILES string of the molecule is Cc1cn2c(CN)c(-c3ccc4c(c3)OCCO4)nc2s1. The predicted molar refractivity (Wildman–Crippen MR) is 82.1 cm³/mol. The number of imidazole rings is 1. The summed E-state index contributed by atoms with van der Waals surface area (Å²) in [5.74, 6) is 1.56. The van der Waals surface area contributed by atoms with Crippen molar-refractivity contribution >= 4 is 16.3 Å². The lowest BCUT2D eigenvalue weighted by Crippen LogP contribution is -2.15. The van der Waals surface area contributed by atoms with Gasteiger partial charge in [-0.05, 0) is 25.1 Å². The molecule has 0 radical (unpaired) electrons. The van der Waals surface area contributed by atoms with Crippen LogP contribution >= 0.6 is 11.3 Å². The average molecular weight is 301 g/mol. The van der Waals surface area contributed by atoms with Gasteiger partial charge in [-0.25, -0.2) is 4.98 Å². The van der Waals surface area contributed by atoms with E-state index in [1.165, 1.54) is 4.88 Å². The van der Waals surface area contributed by atoms with Gasteiger partial charge >= 0.3 is 0 Å². The number of aromatic nitrogens is 2. The quantitative estimate of drug-likeness (QED) is 0.790. The van der Waals surface area contributed by atoms with E-state index in [-0.39, 0.29) is 0 Å². The molecule has 1 aliphatic rings. The summed E-state index contributed by atoms with van der Waals surface area (Å²) < 4.78 is 13.3. The summed E-state index contributed by atoms with van der Waals surface area (Å²) in [7, 11) is 0. The van der Waals surface area contributed by atoms with E-state index in [1.807, 2.05) is 18.2 Å². The van der Waals surface area contributed by atoms with Crippen molar-refractivity contribution in [2.24, 2.45) is 5.73 Å². The molecule has 5 nitrogen and oxygen atoms in total. The zero-order chi connectivity index (χ0) is 14.4. The Bertz CT molecular complexity index is 822. The van der Waals surface area contributed by atoms with Crippen LogP contribution in [0.25, 0.3) is 16.2 Å². The van der Waals surface area contributed by atoms with Crippen molar-refractivity contribution in [3.05, 3.63) is 35.0 Å². The van der Waals surface area contributed by atoms with Gasteiger partial charge in [0.2, 0.25) is 0 Å². The Kier molecular flexibility index (Phi) is 2.87. The fourth-order valence-corrected chi connectivity index (χ4v) is 3.46. The van der Waals surface area contributed by atoms with Crippen LogP contribution in [0, 0.1) is 6.92 Å². The first-order chi connectivity index (χ1) is 10.3. The van der Waals surface area contributed by atoms with Crippen molar-refractivity contribution in [1.82, 2.24) is 9.38 Å². The number of aryl methyl sites for hydroxylation is 1. The van der Waals surface area contributed by atoms with Gasteiger partial charge in [0.25, 0.3) is 0 Å². The number of hydrogen-bond acceptors (Lipinski definition) is 5. The van der Waals surface area contributed by atoms with Crippen molar-refractivity contribution in [1.29, 1.82) is 0 Å². The van der Waals surface area contributed by atoms with Crippen molar-refractivity contribution in [3.63, 3.8) is 0 Å². The molecule has 21 heavy (non-hydrogen) atoms. The Balaban J connectivity index is 1.87. The molecule has 0 bridgehead atoms. The Morgan fingerprint density at radius 2 is 2.10 bits per heavy atom. The van der Waals surface area contributed by atoms with Crippen LogP contribution in [0.3, 0.4) is 0 Å². The van der Waals surface area contributed by atoms with E-state index in [4.69, 9.17) is 20.2 Å². The van der Waals surface area contributed by atoms with Gasteiger partial charge in [-0.2, -0.15) is 0 Å². The maximum atomic E-state index is 5.93. The van der Waals surface area contributed by atoms with Gasteiger partial charge in [-0.3, -0.25) is 4.40 Å². The average Bonchev–Trinajstić information content (AvgIpc) is 3.02. The standard InChI is InChI=1S/C15H15N3O2S/c1-9-8-18-11(7-16)14(17-15(18)21-9)10-2-3-12-13(6-10)20-5-4-19-12/h2-3,6,8H,4-5,7,16H2,1H3. The first-order valence-corrected chi connectivity index (χ1v) is 7.65. The zero-order valence-electron chi connectivity index (χ0n) is 11.6. The molecule has 0 saturated carbocycles. The molecule has 0 amide bonds. The zero-order valence-corrected chi connectivity index (χ0v) is 12.4. The molecule has 0 saturated heterocycles. The highest BCUT2D eigenvalue weighted by Crippen LogP contribution is 2.36. The number of fused-ring (bicyclic) bond motifs is 2. The van der Waals surface area contributed by atoms with Crippen molar-refractivity contribution in [2.45, 2.75) is 13.5 Å². The molecule has 108 valence electrons. The Morgan fingerprint density at radius 3 is 2.90 bits per heavy atom.